The molecule has 0 N–H and O–H groups in total. The van der Waals surface area contributed by atoms with E-state index in [1.165, 1.54) is 32.3 Å². The van der Waals surface area contributed by atoms with Crippen molar-refractivity contribution in [2.24, 2.45) is 28.6 Å². The Kier molecular flexibility index (Phi) is 4.91. The smallest absolute Gasteiger partial charge is 0.305 e. The SMILES string of the molecule is CC(=O)OC(OC(C)=O)[C@@]12CCC[C@H]1[C@@H]1C(=O)C=C3CCCC[C@]3(C)[C@H]1CC2. The third-order valence-corrected chi connectivity index (χ3v) is 8.29. The van der Waals surface area contributed by atoms with Crippen LogP contribution in [0.2, 0.25) is 0 Å². The Hall–Kier alpha value is -1.65. The maximum atomic E-state index is 13.3. The first-order chi connectivity index (χ1) is 13.3. The molecule has 0 spiro atoms. The summed E-state index contributed by atoms with van der Waals surface area (Å²) in [5, 5.41) is 0. The fourth-order valence-corrected chi connectivity index (χ4v) is 7.12. The van der Waals surface area contributed by atoms with Crippen LogP contribution in [-0.2, 0) is 23.9 Å². The van der Waals surface area contributed by atoms with Crippen molar-refractivity contribution in [2.45, 2.75) is 84.8 Å². The van der Waals surface area contributed by atoms with E-state index in [9.17, 15) is 14.4 Å². The summed E-state index contributed by atoms with van der Waals surface area (Å²) < 4.78 is 11.1. The summed E-state index contributed by atoms with van der Waals surface area (Å²) in [6.07, 6.45) is 10.2. The highest BCUT2D eigenvalue weighted by atomic mass is 16.7. The Labute approximate surface area is 167 Å². The first-order valence-corrected chi connectivity index (χ1v) is 10.9. The molecule has 0 aliphatic heterocycles. The van der Waals surface area contributed by atoms with Crippen LogP contribution < -0.4 is 0 Å². The van der Waals surface area contributed by atoms with Crippen molar-refractivity contribution in [3.63, 3.8) is 0 Å². The van der Waals surface area contributed by atoms with E-state index in [2.05, 4.69) is 6.92 Å². The van der Waals surface area contributed by atoms with Crippen LogP contribution in [-0.4, -0.2) is 24.0 Å². The highest BCUT2D eigenvalue weighted by Crippen LogP contribution is 2.65. The molecule has 0 aromatic rings. The lowest BCUT2D eigenvalue weighted by molar-refractivity contribution is -0.228. The molecule has 5 heteroatoms. The first-order valence-electron chi connectivity index (χ1n) is 10.9. The second-order valence-corrected chi connectivity index (χ2v) is 9.65. The highest BCUT2D eigenvalue weighted by Gasteiger charge is 2.63. The van der Waals surface area contributed by atoms with Crippen LogP contribution in [0.3, 0.4) is 0 Å². The van der Waals surface area contributed by atoms with Gasteiger partial charge >= 0.3 is 11.9 Å². The molecule has 0 aromatic carbocycles. The van der Waals surface area contributed by atoms with Crippen molar-refractivity contribution < 1.29 is 23.9 Å². The van der Waals surface area contributed by atoms with Crippen molar-refractivity contribution in [1.82, 2.24) is 0 Å². The van der Waals surface area contributed by atoms with Crippen molar-refractivity contribution >= 4 is 17.7 Å². The van der Waals surface area contributed by atoms with E-state index in [1.807, 2.05) is 6.08 Å². The third kappa shape index (κ3) is 2.93. The van der Waals surface area contributed by atoms with Gasteiger partial charge in [-0.3, -0.25) is 14.4 Å². The number of allylic oxidation sites excluding steroid dienone is 2. The molecule has 0 unspecified atom stereocenters. The average Bonchev–Trinajstić information content (AvgIpc) is 3.06. The van der Waals surface area contributed by atoms with Gasteiger partial charge < -0.3 is 9.47 Å². The summed E-state index contributed by atoms with van der Waals surface area (Å²) >= 11 is 0. The largest absolute Gasteiger partial charge is 0.425 e. The van der Waals surface area contributed by atoms with Crippen LogP contribution in [0, 0.1) is 28.6 Å². The maximum absolute atomic E-state index is 13.3. The second-order valence-electron chi connectivity index (χ2n) is 9.65. The number of ketones is 1. The molecule has 0 amide bonds. The number of rotatable bonds is 3. The van der Waals surface area contributed by atoms with Gasteiger partial charge in [0.25, 0.3) is 6.29 Å². The lowest BCUT2D eigenvalue weighted by atomic mass is 9.47. The van der Waals surface area contributed by atoms with Gasteiger partial charge in [-0.15, -0.1) is 0 Å². The minimum Gasteiger partial charge on any atom is -0.425 e. The Morgan fingerprint density at radius 2 is 1.71 bits per heavy atom. The second kappa shape index (κ2) is 7.00. The lowest BCUT2D eigenvalue weighted by Crippen LogP contribution is -2.56. The quantitative estimate of drug-likeness (QED) is 0.531. The number of fused-ring (bicyclic) bond motifs is 5. The van der Waals surface area contributed by atoms with Gasteiger partial charge in [0.2, 0.25) is 0 Å². The van der Waals surface area contributed by atoms with Crippen molar-refractivity contribution in [1.29, 1.82) is 0 Å². The molecular formula is C23H32O5. The molecule has 5 nitrogen and oxygen atoms in total. The van der Waals surface area contributed by atoms with Gasteiger partial charge in [-0.05, 0) is 68.3 Å². The van der Waals surface area contributed by atoms with Gasteiger partial charge in [0, 0.05) is 25.2 Å². The van der Waals surface area contributed by atoms with Crippen LogP contribution in [0.25, 0.3) is 0 Å². The molecule has 3 saturated carbocycles. The minimum absolute atomic E-state index is 0.0447. The van der Waals surface area contributed by atoms with E-state index in [1.54, 1.807) is 0 Å². The van der Waals surface area contributed by atoms with E-state index in [0.29, 0.717) is 5.92 Å². The molecule has 4 rings (SSSR count). The predicted octanol–water partition coefficient (Wildman–Crippen LogP) is 4.34. The van der Waals surface area contributed by atoms with E-state index in [-0.39, 0.29) is 23.0 Å². The van der Waals surface area contributed by atoms with Gasteiger partial charge in [-0.1, -0.05) is 25.3 Å². The molecule has 3 fully saturated rings. The van der Waals surface area contributed by atoms with Gasteiger partial charge in [0.05, 0.1) is 0 Å². The molecule has 28 heavy (non-hydrogen) atoms. The maximum Gasteiger partial charge on any atom is 0.305 e. The zero-order chi connectivity index (χ0) is 20.1. The summed E-state index contributed by atoms with van der Waals surface area (Å²) in [4.78, 5) is 36.8. The van der Waals surface area contributed by atoms with E-state index < -0.39 is 23.6 Å². The summed E-state index contributed by atoms with van der Waals surface area (Å²) in [7, 11) is 0. The predicted molar refractivity (Wildman–Crippen MR) is 103 cm³/mol. The molecule has 0 radical (unpaired) electrons. The molecular weight excluding hydrogens is 356 g/mol. The molecule has 0 heterocycles. The molecule has 4 aliphatic carbocycles. The number of esters is 2. The fourth-order valence-electron chi connectivity index (χ4n) is 7.12. The normalized spacial score (nSPS) is 39.5. The number of hydrogen-bond acceptors (Lipinski definition) is 5. The van der Waals surface area contributed by atoms with Crippen LogP contribution in [0.5, 0.6) is 0 Å². The minimum atomic E-state index is -0.881. The molecule has 4 aliphatic rings. The van der Waals surface area contributed by atoms with Crippen LogP contribution >= 0.6 is 0 Å². The summed E-state index contributed by atoms with van der Waals surface area (Å²) in [6, 6.07) is 0. The molecule has 0 bridgehead atoms. The van der Waals surface area contributed by atoms with Crippen LogP contribution in [0.1, 0.15) is 78.6 Å². The average molecular weight is 389 g/mol. The standard InChI is InChI=1S/C23H32O5/c1-14(24)27-21(28-15(2)25)23-11-6-8-18(23)20-17(9-12-23)22(3)10-5-4-7-16(22)13-19(20)26/h13,17-18,20-21H,4-12H2,1-3H3/t17-,18-,20+,22-,23+/m0/s1. The third-order valence-electron chi connectivity index (χ3n) is 8.29. The first kappa shape index (κ1) is 19.7. The topological polar surface area (TPSA) is 69.7 Å². The van der Waals surface area contributed by atoms with E-state index in [0.717, 1.165) is 44.9 Å². The monoisotopic (exact) mass is 388 g/mol. The van der Waals surface area contributed by atoms with Gasteiger partial charge in [0.15, 0.2) is 5.78 Å². The Morgan fingerprint density at radius 3 is 2.39 bits per heavy atom. The molecule has 154 valence electrons. The Bertz CT molecular complexity index is 709. The fraction of sp³-hybridized carbons (Fsp3) is 0.783. The molecule has 0 aromatic heterocycles. The highest BCUT2D eigenvalue weighted by molar-refractivity contribution is 5.94. The Balaban J connectivity index is 1.72. The molecule has 5 atom stereocenters. The van der Waals surface area contributed by atoms with Gasteiger partial charge in [-0.25, -0.2) is 0 Å². The Morgan fingerprint density at radius 1 is 1.00 bits per heavy atom. The lowest BCUT2D eigenvalue weighted by Gasteiger charge is -2.57. The van der Waals surface area contributed by atoms with E-state index in [4.69, 9.17) is 9.47 Å². The van der Waals surface area contributed by atoms with Gasteiger partial charge in [-0.2, -0.15) is 0 Å². The zero-order valence-electron chi connectivity index (χ0n) is 17.3. The number of carbonyl (C=O) groups excluding carboxylic acids is 3. The van der Waals surface area contributed by atoms with Crippen LogP contribution in [0.15, 0.2) is 11.6 Å². The zero-order valence-corrected chi connectivity index (χ0v) is 17.3. The summed E-state index contributed by atoms with van der Waals surface area (Å²) in [5.41, 5.74) is 1.04. The van der Waals surface area contributed by atoms with Crippen LogP contribution in [0.4, 0.5) is 0 Å². The summed E-state index contributed by atoms with van der Waals surface area (Å²) in [6.45, 7) is 5.07. The molecule has 0 saturated heterocycles. The van der Waals surface area contributed by atoms with E-state index >= 15 is 0 Å². The number of ether oxygens (including phenoxy) is 2. The van der Waals surface area contributed by atoms with Crippen molar-refractivity contribution in [2.75, 3.05) is 0 Å². The van der Waals surface area contributed by atoms with Crippen molar-refractivity contribution in [3.05, 3.63) is 11.6 Å². The summed E-state index contributed by atoms with van der Waals surface area (Å²) in [5.74, 6) is -0.211. The van der Waals surface area contributed by atoms with Gasteiger partial charge in [0.1, 0.15) is 0 Å². The number of hydrogen-bond donors (Lipinski definition) is 0. The number of carbonyl (C=O) groups is 3. The van der Waals surface area contributed by atoms with Crippen molar-refractivity contribution in [3.8, 4) is 0 Å².